The van der Waals surface area contributed by atoms with Gasteiger partial charge in [-0.3, -0.25) is 0 Å². The molecule has 0 atom stereocenters. The summed E-state index contributed by atoms with van der Waals surface area (Å²) in [6, 6.07) is 5.51. The van der Waals surface area contributed by atoms with E-state index < -0.39 is 5.97 Å². The van der Waals surface area contributed by atoms with Gasteiger partial charge < -0.3 is 10.5 Å². The number of carbonyl (C=O) groups excluding carboxylic acids is 1. The van der Waals surface area contributed by atoms with Crippen molar-refractivity contribution in [2.45, 2.75) is 30.8 Å². The smallest absolute Gasteiger partial charge is 0.340 e. The van der Waals surface area contributed by atoms with E-state index in [1.807, 2.05) is 26.0 Å². The van der Waals surface area contributed by atoms with Crippen molar-refractivity contribution in [3.05, 3.63) is 41.2 Å². The second-order valence-electron chi connectivity index (χ2n) is 4.52. The number of aryl methyl sites for hydroxylation is 2. The summed E-state index contributed by atoms with van der Waals surface area (Å²) in [6.07, 6.45) is 1.55. The largest absolute Gasteiger partial charge is 0.462 e. The lowest BCUT2D eigenvalue weighted by atomic mass is 10.2. The molecule has 0 aliphatic carbocycles. The lowest BCUT2D eigenvalue weighted by Gasteiger charge is -2.09. The fourth-order valence-electron chi connectivity index (χ4n) is 1.88. The van der Waals surface area contributed by atoms with Gasteiger partial charge in [-0.05, 0) is 56.3 Å². The summed E-state index contributed by atoms with van der Waals surface area (Å²) in [5.41, 5.74) is 8.72. The predicted molar refractivity (Wildman–Crippen MR) is 82.4 cm³/mol. The zero-order chi connectivity index (χ0) is 15.4. The van der Waals surface area contributed by atoms with E-state index in [9.17, 15) is 4.79 Å². The second kappa shape index (κ2) is 6.58. The van der Waals surface area contributed by atoms with Crippen LogP contribution in [-0.2, 0) is 4.74 Å². The Bertz CT molecular complexity index is 654. The molecule has 2 aromatic heterocycles. The summed E-state index contributed by atoms with van der Waals surface area (Å²) in [7, 11) is 0. The van der Waals surface area contributed by atoms with Crippen LogP contribution < -0.4 is 5.73 Å². The molecule has 0 spiro atoms. The molecule has 0 aliphatic rings. The first-order valence-corrected chi connectivity index (χ1v) is 7.37. The predicted octanol–water partition coefficient (Wildman–Crippen LogP) is 3.00. The first-order chi connectivity index (χ1) is 10.0. The molecule has 0 aliphatic heterocycles. The van der Waals surface area contributed by atoms with Crippen molar-refractivity contribution in [1.29, 1.82) is 0 Å². The molecule has 5 nitrogen and oxygen atoms in total. The Morgan fingerprint density at radius 2 is 2.14 bits per heavy atom. The van der Waals surface area contributed by atoms with E-state index >= 15 is 0 Å². The first kappa shape index (κ1) is 15.3. The quantitative estimate of drug-likeness (QED) is 0.875. The molecular formula is C15H17N3O2S. The molecular weight excluding hydrogens is 286 g/mol. The number of hydrogen-bond acceptors (Lipinski definition) is 6. The molecule has 2 N–H and O–H groups in total. The number of aromatic nitrogens is 2. The molecule has 110 valence electrons. The van der Waals surface area contributed by atoms with Gasteiger partial charge in [-0.15, -0.1) is 0 Å². The normalized spacial score (nSPS) is 10.4. The monoisotopic (exact) mass is 303 g/mol. The highest BCUT2D eigenvalue weighted by Gasteiger charge is 2.15. The van der Waals surface area contributed by atoms with E-state index in [-0.39, 0.29) is 0 Å². The summed E-state index contributed by atoms with van der Waals surface area (Å²) >= 11 is 1.34. The van der Waals surface area contributed by atoms with E-state index in [4.69, 9.17) is 10.5 Å². The molecule has 2 heterocycles. The van der Waals surface area contributed by atoms with Crippen LogP contribution in [0.4, 0.5) is 5.69 Å². The summed E-state index contributed by atoms with van der Waals surface area (Å²) in [4.78, 5) is 20.5. The number of nitrogen functional groups attached to an aromatic ring is 1. The highest BCUT2D eigenvalue weighted by atomic mass is 32.2. The van der Waals surface area contributed by atoms with Crippen LogP contribution in [0.5, 0.6) is 0 Å². The average Bonchev–Trinajstić information content (AvgIpc) is 2.40. The Kier molecular flexibility index (Phi) is 4.80. The fraction of sp³-hybridized carbons (Fsp3) is 0.267. The number of pyridine rings is 2. The van der Waals surface area contributed by atoms with Crippen LogP contribution in [0.25, 0.3) is 0 Å². The van der Waals surface area contributed by atoms with Gasteiger partial charge >= 0.3 is 5.97 Å². The van der Waals surface area contributed by atoms with Crippen molar-refractivity contribution >= 4 is 23.4 Å². The number of esters is 1. The third-order valence-corrected chi connectivity index (χ3v) is 3.66. The average molecular weight is 303 g/mol. The van der Waals surface area contributed by atoms with Gasteiger partial charge in [0.25, 0.3) is 0 Å². The lowest BCUT2D eigenvalue weighted by Crippen LogP contribution is -2.09. The Morgan fingerprint density at radius 1 is 1.38 bits per heavy atom. The van der Waals surface area contributed by atoms with Gasteiger partial charge in [0.05, 0.1) is 17.9 Å². The van der Waals surface area contributed by atoms with Gasteiger partial charge in [0, 0.05) is 11.9 Å². The third-order valence-electron chi connectivity index (χ3n) is 2.72. The van der Waals surface area contributed by atoms with Gasteiger partial charge in [-0.25, -0.2) is 14.8 Å². The van der Waals surface area contributed by atoms with Gasteiger partial charge in [0.2, 0.25) is 0 Å². The van der Waals surface area contributed by atoms with Crippen molar-refractivity contribution in [1.82, 2.24) is 9.97 Å². The number of nitrogens with two attached hydrogens (primary N) is 1. The van der Waals surface area contributed by atoms with Crippen LogP contribution in [0, 0.1) is 13.8 Å². The van der Waals surface area contributed by atoms with Crippen LogP contribution >= 0.6 is 11.8 Å². The first-order valence-electron chi connectivity index (χ1n) is 6.56. The van der Waals surface area contributed by atoms with E-state index in [0.29, 0.717) is 22.9 Å². The highest BCUT2D eigenvalue weighted by molar-refractivity contribution is 7.99. The maximum absolute atomic E-state index is 11.8. The molecule has 21 heavy (non-hydrogen) atoms. The van der Waals surface area contributed by atoms with Crippen molar-refractivity contribution in [2.24, 2.45) is 0 Å². The number of hydrogen-bond donors (Lipinski definition) is 1. The van der Waals surface area contributed by atoms with Crippen molar-refractivity contribution in [2.75, 3.05) is 12.3 Å². The maximum Gasteiger partial charge on any atom is 0.340 e. The number of carbonyl (C=O) groups is 1. The van der Waals surface area contributed by atoms with Gasteiger partial charge in [0.15, 0.2) is 0 Å². The number of nitrogens with zero attached hydrogens (tertiary/aromatic N) is 2. The van der Waals surface area contributed by atoms with Crippen LogP contribution in [0.3, 0.4) is 0 Å². The third kappa shape index (κ3) is 3.72. The van der Waals surface area contributed by atoms with Crippen molar-refractivity contribution in [3.8, 4) is 0 Å². The summed E-state index contributed by atoms with van der Waals surface area (Å²) in [5, 5.41) is 1.35. The molecule has 0 bridgehead atoms. The van der Waals surface area contributed by atoms with E-state index in [2.05, 4.69) is 9.97 Å². The molecule has 0 radical (unpaired) electrons. The van der Waals surface area contributed by atoms with Crippen LogP contribution in [0.1, 0.15) is 28.5 Å². The molecule has 0 amide bonds. The zero-order valence-corrected chi connectivity index (χ0v) is 13.0. The maximum atomic E-state index is 11.8. The molecule has 2 aromatic rings. The zero-order valence-electron chi connectivity index (χ0n) is 12.2. The van der Waals surface area contributed by atoms with E-state index in [1.54, 1.807) is 19.2 Å². The second-order valence-corrected chi connectivity index (χ2v) is 5.53. The summed E-state index contributed by atoms with van der Waals surface area (Å²) in [6.45, 7) is 6.00. The SMILES string of the molecule is CCOC(=O)c1ccnc(Sc2cc(C)cc(C)n2)c1N. The minimum atomic E-state index is -0.437. The molecule has 0 saturated heterocycles. The summed E-state index contributed by atoms with van der Waals surface area (Å²) < 4.78 is 4.98. The standard InChI is InChI=1S/C15H17N3O2S/c1-4-20-15(19)11-5-6-17-14(13(11)16)21-12-8-9(2)7-10(3)18-12/h5-8H,4,16H2,1-3H3. The van der Waals surface area contributed by atoms with E-state index in [1.165, 1.54) is 11.8 Å². The Balaban J connectivity index is 2.32. The minimum absolute atomic E-state index is 0.307. The van der Waals surface area contributed by atoms with Crippen LogP contribution in [0.2, 0.25) is 0 Å². The molecule has 0 fully saturated rings. The van der Waals surface area contributed by atoms with Crippen LogP contribution in [0.15, 0.2) is 34.4 Å². The summed E-state index contributed by atoms with van der Waals surface area (Å²) in [5.74, 6) is -0.437. The number of anilines is 1. The Hall–Kier alpha value is -2.08. The van der Waals surface area contributed by atoms with Gasteiger partial charge in [-0.1, -0.05) is 0 Å². The molecule has 0 unspecified atom stereocenters. The topological polar surface area (TPSA) is 78.1 Å². The minimum Gasteiger partial charge on any atom is -0.462 e. The molecule has 2 rings (SSSR count). The lowest BCUT2D eigenvalue weighted by molar-refractivity contribution is 0.0527. The molecule has 0 saturated carbocycles. The van der Waals surface area contributed by atoms with E-state index in [0.717, 1.165) is 16.3 Å². The van der Waals surface area contributed by atoms with Crippen LogP contribution in [-0.4, -0.2) is 22.5 Å². The number of rotatable bonds is 4. The van der Waals surface area contributed by atoms with Crippen molar-refractivity contribution in [3.63, 3.8) is 0 Å². The molecule has 0 aromatic carbocycles. The van der Waals surface area contributed by atoms with Gasteiger partial charge in [-0.2, -0.15) is 0 Å². The van der Waals surface area contributed by atoms with Crippen molar-refractivity contribution < 1.29 is 9.53 Å². The Labute approximate surface area is 127 Å². The number of ether oxygens (including phenoxy) is 1. The fourth-order valence-corrected chi connectivity index (χ4v) is 2.84. The highest BCUT2D eigenvalue weighted by Crippen LogP contribution is 2.31. The van der Waals surface area contributed by atoms with Gasteiger partial charge in [0.1, 0.15) is 10.1 Å². The Morgan fingerprint density at radius 3 is 2.81 bits per heavy atom. The molecule has 6 heteroatoms.